The van der Waals surface area contributed by atoms with Gasteiger partial charge in [0.15, 0.2) is 0 Å². The van der Waals surface area contributed by atoms with Crippen LogP contribution in [0.3, 0.4) is 0 Å². The minimum absolute atomic E-state index is 0.0984. The molecule has 0 radical (unpaired) electrons. The number of rotatable bonds is 6. The molecule has 4 heteroatoms. The van der Waals surface area contributed by atoms with E-state index < -0.39 is 0 Å². The van der Waals surface area contributed by atoms with Gasteiger partial charge in [0.05, 0.1) is 0 Å². The number of likely N-dealkylation sites (tertiary alicyclic amines) is 1. The average molecular weight is 318 g/mol. The molecule has 2 unspecified atom stereocenters. The number of carbonyl (C=O) groups is 1. The second kappa shape index (κ2) is 8.34. The average Bonchev–Trinajstić information content (AvgIpc) is 2.60. The molecule has 1 heterocycles. The smallest absolute Gasteiger partial charge is 0.253 e. The van der Waals surface area contributed by atoms with Gasteiger partial charge in [-0.3, -0.25) is 4.79 Å². The first-order valence-electron chi connectivity index (χ1n) is 8.81. The number of amides is 1. The summed E-state index contributed by atoms with van der Waals surface area (Å²) in [6.45, 7) is 8.32. The van der Waals surface area contributed by atoms with Gasteiger partial charge in [-0.25, -0.2) is 0 Å². The Morgan fingerprint density at radius 3 is 2.65 bits per heavy atom. The first kappa shape index (κ1) is 17.8. The van der Waals surface area contributed by atoms with Crippen molar-refractivity contribution < 1.29 is 9.90 Å². The van der Waals surface area contributed by atoms with E-state index in [0.717, 1.165) is 43.6 Å². The lowest BCUT2D eigenvalue weighted by atomic mass is 9.97. The van der Waals surface area contributed by atoms with Crippen LogP contribution in [0.25, 0.3) is 0 Å². The summed E-state index contributed by atoms with van der Waals surface area (Å²) in [7, 11) is 0. The Labute approximate surface area is 139 Å². The third-order valence-corrected chi connectivity index (χ3v) is 5.16. The van der Waals surface area contributed by atoms with Gasteiger partial charge in [-0.1, -0.05) is 26.3 Å². The minimum Gasteiger partial charge on any atom is -0.396 e. The Morgan fingerprint density at radius 2 is 2.04 bits per heavy atom. The third-order valence-electron chi connectivity index (χ3n) is 5.16. The molecule has 0 aliphatic carbocycles. The number of carbonyl (C=O) groups excluding carboxylic acids is 1. The Bertz CT molecular complexity index is 510. The van der Waals surface area contributed by atoms with Gasteiger partial charge in [0.2, 0.25) is 0 Å². The molecule has 1 aromatic rings. The van der Waals surface area contributed by atoms with Gasteiger partial charge >= 0.3 is 0 Å². The number of benzene rings is 1. The number of anilines is 1. The largest absolute Gasteiger partial charge is 0.396 e. The van der Waals surface area contributed by atoms with Crippen molar-refractivity contribution in [1.29, 1.82) is 0 Å². The van der Waals surface area contributed by atoms with Gasteiger partial charge in [-0.2, -0.15) is 0 Å². The molecule has 23 heavy (non-hydrogen) atoms. The highest BCUT2D eigenvalue weighted by Gasteiger charge is 2.23. The summed E-state index contributed by atoms with van der Waals surface area (Å²) < 4.78 is 0. The summed E-state index contributed by atoms with van der Waals surface area (Å²) in [4.78, 5) is 14.6. The van der Waals surface area contributed by atoms with Crippen molar-refractivity contribution >= 4 is 11.6 Å². The van der Waals surface area contributed by atoms with Gasteiger partial charge in [-0.15, -0.1) is 0 Å². The Hall–Kier alpha value is -1.55. The molecular formula is C19H30N2O2. The molecule has 2 N–H and O–H groups in total. The van der Waals surface area contributed by atoms with E-state index in [1.54, 1.807) is 0 Å². The lowest BCUT2D eigenvalue weighted by Gasteiger charge is -2.31. The summed E-state index contributed by atoms with van der Waals surface area (Å²) >= 11 is 0. The number of hydrogen-bond donors (Lipinski definition) is 2. The SMILES string of the molecule is CCC(C)C(C)Nc1cccc(C(=O)N2CCC(CO)CC2)c1. The van der Waals surface area contributed by atoms with Crippen LogP contribution in [0.15, 0.2) is 24.3 Å². The number of aliphatic hydroxyl groups is 1. The molecule has 1 aliphatic heterocycles. The third kappa shape index (κ3) is 4.71. The number of nitrogens with zero attached hydrogens (tertiary/aromatic N) is 1. The van der Waals surface area contributed by atoms with E-state index in [0.29, 0.717) is 17.9 Å². The van der Waals surface area contributed by atoms with E-state index in [-0.39, 0.29) is 12.5 Å². The molecule has 0 saturated carbocycles. The first-order chi connectivity index (χ1) is 11.0. The maximum Gasteiger partial charge on any atom is 0.253 e. The molecule has 2 rings (SSSR count). The van der Waals surface area contributed by atoms with Crippen LogP contribution in [0, 0.1) is 11.8 Å². The van der Waals surface area contributed by atoms with E-state index in [2.05, 4.69) is 26.1 Å². The highest BCUT2D eigenvalue weighted by molar-refractivity contribution is 5.95. The van der Waals surface area contributed by atoms with Crippen molar-refractivity contribution in [3.05, 3.63) is 29.8 Å². The molecule has 1 fully saturated rings. The molecule has 0 aromatic heterocycles. The molecular weight excluding hydrogens is 288 g/mol. The molecule has 0 bridgehead atoms. The molecule has 2 atom stereocenters. The van der Waals surface area contributed by atoms with Crippen molar-refractivity contribution in [3.8, 4) is 0 Å². The number of piperidine rings is 1. The van der Waals surface area contributed by atoms with E-state index in [4.69, 9.17) is 0 Å². The van der Waals surface area contributed by atoms with Crippen LogP contribution < -0.4 is 5.32 Å². The van der Waals surface area contributed by atoms with Crippen molar-refractivity contribution in [1.82, 2.24) is 4.90 Å². The molecule has 4 nitrogen and oxygen atoms in total. The normalized spacial score (nSPS) is 18.5. The van der Waals surface area contributed by atoms with Crippen molar-refractivity contribution in [2.75, 3.05) is 25.0 Å². The fourth-order valence-electron chi connectivity index (χ4n) is 3.00. The first-order valence-corrected chi connectivity index (χ1v) is 8.81. The Balaban J connectivity index is 2.00. The molecule has 1 amide bonds. The van der Waals surface area contributed by atoms with Crippen LogP contribution in [-0.4, -0.2) is 41.7 Å². The van der Waals surface area contributed by atoms with Crippen molar-refractivity contribution in [3.63, 3.8) is 0 Å². The zero-order chi connectivity index (χ0) is 16.8. The summed E-state index contributed by atoms with van der Waals surface area (Å²) in [5.74, 6) is 1.04. The maximum atomic E-state index is 12.7. The molecule has 1 aliphatic rings. The van der Waals surface area contributed by atoms with Gasteiger partial charge in [0, 0.05) is 37.0 Å². The zero-order valence-electron chi connectivity index (χ0n) is 14.6. The molecule has 1 aromatic carbocycles. The second-order valence-electron chi connectivity index (χ2n) is 6.82. The van der Waals surface area contributed by atoms with Crippen LogP contribution in [0.5, 0.6) is 0 Å². The molecule has 0 spiro atoms. The standard InChI is InChI=1S/C19H30N2O2/c1-4-14(2)15(3)20-18-7-5-6-17(12-18)19(23)21-10-8-16(13-22)9-11-21/h5-7,12,14-16,20,22H,4,8-11,13H2,1-3H3. The fourth-order valence-corrected chi connectivity index (χ4v) is 3.00. The van der Waals surface area contributed by atoms with E-state index >= 15 is 0 Å². The molecule has 128 valence electrons. The van der Waals surface area contributed by atoms with Crippen LogP contribution >= 0.6 is 0 Å². The maximum absolute atomic E-state index is 12.7. The zero-order valence-corrected chi connectivity index (χ0v) is 14.6. The van der Waals surface area contributed by atoms with Gasteiger partial charge in [0.1, 0.15) is 0 Å². The number of hydrogen-bond acceptors (Lipinski definition) is 3. The Kier molecular flexibility index (Phi) is 6.46. The Morgan fingerprint density at radius 1 is 1.35 bits per heavy atom. The lowest BCUT2D eigenvalue weighted by molar-refractivity contribution is 0.0651. The number of nitrogens with one attached hydrogen (secondary N) is 1. The van der Waals surface area contributed by atoms with Crippen LogP contribution in [0.4, 0.5) is 5.69 Å². The fraction of sp³-hybridized carbons (Fsp3) is 0.632. The van der Waals surface area contributed by atoms with Crippen LogP contribution in [0.1, 0.15) is 50.4 Å². The summed E-state index contributed by atoms with van der Waals surface area (Å²) in [6, 6.07) is 8.19. The lowest BCUT2D eigenvalue weighted by Crippen LogP contribution is -2.39. The highest BCUT2D eigenvalue weighted by atomic mass is 16.3. The summed E-state index contributed by atoms with van der Waals surface area (Å²) in [5, 5.41) is 12.7. The van der Waals surface area contributed by atoms with Crippen LogP contribution in [0.2, 0.25) is 0 Å². The minimum atomic E-state index is 0.0984. The summed E-state index contributed by atoms with van der Waals surface area (Å²) in [5.41, 5.74) is 1.75. The predicted octanol–water partition coefficient (Wildman–Crippen LogP) is 3.38. The number of aliphatic hydroxyl groups excluding tert-OH is 1. The van der Waals surface area contributed by atoms with E-state index in [1.807, 2.05) is 29.2 Å². The van der Waals surface area contributed by atoms with E-state index in [1.165, 1.54) is 0 Å². The summed E-state index contributed by atoms with van der Waals surface area (Å²) in [6.07, 6.45) is 2.92. The van der Waals surface area contributed by atoms with Gasteiger partial charge in [0.25, 0.3) is 5.91 Å². The van der Waals surface area contributed by atoms with Crippen molar-refractivity contribution in [2.45, 2.75) is 46.1 Å². The van der Waals surface area contributed by atoms with Crippen LogP contribution in [-0.2, 0) is 0 Å². The quantitative estimate of drug-likeness (QED) is 0.845. The van der Waals surface area contributed by atoms with E-state index in [9.17, 15) is 9.90 Å². The van der Waals surface area contributed by atoms with Crippen molar-refractivity contribution in [2.24, 2.45) is 11.8 Å². The van der Waals surface area contributed by atoms with Gasteiger partial charge < -0.3 is 15.3 Å². The topological polar surface area (TPSA) is 52.6 Å². The predicted molar refractivity (Wildman–Crippen MR) is 94.7 cm³/mol. The van der Waals surface area contributed by atoms with Gasteiger partial charge in [-0.05, 0) is 49.8 Å². The monoisotopic (exact) mass is 318 g/mol. The second-order valence-corrected chi connectivity index (χ2v) is 6.82. The highest BCUT2D eigenvalue weighted by Crippen LogP contribution is 2.21. The molecule has 1 saturated heterocycles.